The molecule has 1 atom stereocenters. The zero-order valence-corrected chi connectivity index (χ0v) is 14.0. The minimum Gasteiger partial charge on any atom is -0.310 e. The lowest BCUT2D eigenvalue weighted by Gasteiger charge is -2.15. The second-order valence-electron chi connectivity index (χ2n) is 5.45. The van der Waals surface area contributed by atoms with Crippen LogP contribution in [-0.4, -0.2) is 16.3 Å². The summed E-state index contributed by atoms with van der Waals surface area (Å²) in [6.45, 7) is 10.4. The van der Waals surface area contributed by atoms with E-state index in [1.807, 2.05) is 12.1 Å². The van der Waals surface area contributed by atoms with Crippen molar-refractivity contribution < 1.29 is 0 Å². The summed E-state index contributed by atoms with van der Waals surface area (Å²) in [5.74, 6) is 0. The summed E-state index contributed by atoms with van der Waals surface area (Å²) >= 11 is 5.90. The Kier molecular flexibility index (Phi) is 5.43. The Balaban J connectivity index is 1.94. The molecule has 2 aromatic rings. The maximum absolute atomic E-state index is 5.90. The van der Waals surface area contributed by atoms with Gasteiger partial charge in [-0.3, -0.25) is 4.68 Å². The number of aromatic nitrogens is 2. The highest BCUT2D eigenvalue weighted by Crippen LogP contribution is 2.21. The highest BCUT2D eigenvalue weighted by atomic mass is 35.5. The summed E-state index contributed by atoms with van der Waals surface area (Å²) in [6.07, 6.45) is 1.00. The lowest BCUT2D eigenvalue weighted by Crippen LogP contribution is -2.22. The van der Waals surface area contributed by atoms with E-state index in [9.17, 15) is 0 Å². The van der Waals surface area contributed by atoms with Crippen LogP contribution in [0.1, 0.15) is 42.4 Å². The summed E-state index contributed by atoms with van der Waals surface area (Å²) < 4.78 is 2.07. The van der Waals surface area contributed by atoms with Crippen molar-refractivity contribution in [2.45, 2.75) is 46.7 Å². The number of nitrogens with zero attached hydrogens (tertiary/aromatic N) is 2. The van der Waals surface area contributed by atoms with Crippen LogP contribution < -0.4 is 5.32 Å². The average molecular weight is 306 g/mol. The van der Waals surface area contributed by atoms with E-state index in [0.29, 0.717) is 6.04 Å². The summed E-state index contributed by atoms with van der Waals surface area (Å²) in [7, 11) is 0. The summed E-state index contributed by atoms with van der Waals surface area (Å²) in [5.41, 5.74) is 5.02. The van der Waals surface area contributed by atoms with Gasteiger partial charge in [0.1, 0.15) is 0 Å². The van der Waals surface area contributed by atoms with E-state index in [4.69, 9.17) is 11.6 Å². The van der Waals surface area contributed by atoms with Gasteiger partial charge in [0.2, 0.25) is 0 Å². The van der Waals surface area contributed by atoms with Crippen molar-refractivity contribution in [2.75, 3.05) is 6.54 Å². The topological polar surface area (TPSA) is 29.9 Å². The number of halogens is 1. The molecule has 0 amide bonds. The molecule has 0 saturated carbocycles. The molecule has 0 spiro atoms. The van der Waals surface area contributed by atoms with E-state index < -0.39 is 0 Å². The molecule has 114 valence electrons. The monoisotopic (exact) mass is 305 g/mol. The van der Waals surface area contributed by atoms with Crippen molar-refractivity contribution in [1.29, 1.82) is 0 Å². The molecule has 1 aromatic heterocycles. The summed E-state index contributed by atoms with van der Waals surface area (Å²) in [4.78, 5) is 0. The van der Waals surface area contributed by atoms with Gasteiger partial charge in [0, 0.05) is 28.9 Å². The van der Waals surface area contributed by atoms with Crippen molar-refractivity contribution in [3.8, 4) is 0 Å². The predicted octanol–water partition coefficient (Wildman–Crippen LogP) is 4.07. The molecule has 1 N–H and O–H groups in total. The van der Waals surface area contributed by atoms with Crippen LogP contribution in [-0.2, 0) is 13.0 Å². The Hall–Kier alpha value is -1.32. The van der Waals surface area contributed by atoms with Gasteiger partial charge in [-0.2, -0.15) is 5.10 Å². The zero-order chi connectivity index (χ0) is 15.4. The fourth-order valence-corrected chi connectivity index (χ4v) is 2.96. The lowest BCUT2D eigenvalue weighted by molar-refractivity contribution is 0.568. The van der Waals surface area contributed by atoms with Gasteiger partial charge < -0.3 is 5.32 Å². The quantitative estimate of drug-likeness (QED) is 0.872. The van der Waals surface area contributed by atoms with Crippen molar-refractivity contribution in [2.24, 2.45) is 0 Å². The first-order valence-electron chi connectivity index (χ1n) is 7.54. The number of hydrogen-bond acceptors (Lipinski definition) is 2. The van der Waals surface area contributed by atoms with Crippen molar-refractivity contribution >= 4 is 11.6 Å². The third-order valence-corrected chi connectivity index (χ3v) is 4.20. The molecule has 2 rings (SSSR count). The molecule has 3 nitrogen and oxygen atoms in total. The summed E-state index contributed by atoms with van der Waals surface area (Å²) in [5, 5.41) is 8.97. The Morgan fingerprint density at radius 3 is 2.48 bits per heavy atom. The Bertz CT molecular complexity index is 587. The normalized spacial score (nSPS) is 12.6. The van der Waals surface area contributed by atoms with Crippen LogP contribution in [0.15, 0.2) is 24.3 Å². The van der Waals surface area contributed by atoms with Crippen LogP contribution in [0.5, 0.6) is 0 Å². The van der Waals surface area contributed by atoms with Crippen LogP contribution in [0.3, 0.4) is 0 Å². The molecule has 1 unspecified atom stereocenters. The Morgan fingerprint density at radius 1 is 1.24 bits per heavy atom. The first-order valence-corrected chi connectivity index (χ1v) is 7.92. The van der Waals surface area contributed by atoms with Crippen LogP contribution in [0.25, 0.3) is 0 Å². The number of nitrogens with one attached hydrogen (secondary N) is 1. The van der Waals surface area contributed by atoms with Crippen LogP contribution in [0, 0.1) is 13.8 Å². The third-order valence-electron chi connectivity index (χ3n) is 3.95. The smallest absolute Gasteiger partial charge is 0.0644 e. The van der Waals surface area contributed by atoms with Gasteiger partial charge in [-0.05, 0) is 58.4 Å². The number of benzene rings is 1. The van der Waals surface area contributed by atoms with Crippen LogP contribution >= 0.6 is 11.6 Å². The fourth-order valence-electron chi connectivity index (χ4n) is 2.83. The molecule has 4 heteroatoms. The van der Waals surface area contributed by atoms with Gasteiger partial charge in [-0.15, -0.1) is 0 Å². The van der Waals surface area contributed by atoms with Crippen molar-refractivity contribution in [1.82, 2.24) is 15.1 Å². The van der Waals surface area contributed by atoms with Crippen molar-refractivity contribution in [3.05, 3.63) is 51.8 Å². The first kappa shape index (κ1) is 16.1. The van der Waals surface area contributed by atoms with Gasteiger partial charge >= 0.3 is 0 Å². The highest BCUT2D eigenvalue weighted by molar-refractivity contribution is 6.30. The molecule has 0 aliphatic carbocycles. The third kappa shape index (κ3) is 3.86. The Morgan fingerprint density at radius 2 is 1.90 bits per heavy atom. The van der Waals surface area contributed by atoms with E-state index in [1.54, 1.807) is 0 Å². The van der Waals surface area contributed by atoms with Gasteiger partial charge in [-0.1, -0.05) is 23.7 Å². The summed E-state index contributed by atoms with van der Waals surface area (Å²) in [6, 6.07) is 8.37. The molecule has 1 heterocycles. The predicted molar refractivity (Wildman–Crippen MR) is 88.9 cm³/mol. The van der Waals surface area contributed by atoms with E-state index in [2.05, 4.69) is 54.9 Å². The zero-order valence-electron chi connectivity index (χ0n) is 13.3. The molecular formula is C17H24ClN3. The standard InChI is InChI=1S/C17H24ClN3/c1-5-21-14(4)17(13(3)20-21)12(2)19-11-10-15-6-8-16(18)9-7-15/h6-9,12,19H,5,10-11H2,1-4H3. The second-order valence-corrected chi connectivity index (χ2v) is 5.89. The van der Waals surface area contributed by atoms with Gasteiger partial charge in [0.15, 0.2) is 0 Å². The molecular weight excluding hydrogens is 282 g/mol. The fraction of sp³-hybridized carbons (Fsp3) is 0.471. The number of hydrogen-bond donors (Lipinski definition) is 1. The van der Waals surface area contributed by atoms with E-state index in [0.717, 1.165) is 30.2 Å². The average Bonchev–Trinajstić information content (AvgIpc) is 2.75. The van der Waals surface area contributed by atoms with Gasteiger partial charge in [0.25, 0.3) is 0 Å². The molecule has 0 radical (unpaired) electrons. The van der Waals surface area contributed by atoms with Crippen molar-refractivity contribution in [3.63, 3.8) is 0 Å². The maximum atomic E-state index is 5.90. The first-order chi connectivity index (χ1) is 10.0. The molecule has 0 aliphatic heterocycles. The molecule has 0 aliphatic rings. The minimum atomic E-state index is 0.317. The van der Waals surface area contributed by atoms with E-state index in [-0.39, 0.29) is 0 Å². The van der Waals surface area contributed by atoms with Crippen LogP contribution in [0.2, 0.25) is 5.02 Å². The van der Waals surface area contributed by atoms with E-state index >= 15 is 0 Å². The maximum Gasteiger partial charge on any atom is 0.0644 e. The largest absolute Gasteiger partial charge is 0.310 e. The number of rotatable bonds is 6. The molecule has 21 heavy (non-hydrogen) atoms. The van der Waals surface area contributed by atoms with Gasteiger partial charge in [0.05, 0.1) is 5.69 Å². The Labute approximate surface area is 132 Å². The van der Waals surface area contributed by atoms with E-state index in [1.165, 1.54) is 16.8 Å². The van der Waals surface area contributed by atoms with Gasteiger partial charge in [-0.25, -0.2) is 0 Å². The minimum absolute atomic E-state index is 0.317. The molecule has 0 bridgehead atoms. The second kappa shape index (κ2) is 7.10. The molecule has 0 saturated heterocycles. The molecule has 1 aromatic carbocycles. The number of aryl methyl sites for hydroxylation is 2. The SMILES string of the molecule is CCn1nc(C)c(C(C)NCCc2ccc(Cl)cc2)c1C. The van der Waals surface area contributed by atoms with Crippen LogP contribution in [0.4, 0.5) is 0 Å². The molecule has 0 fully saturated rings. The highest BCUT2D eigenvalue weighted by Gasteiger charge is 2.16. The lowest BCUT2D eigenvalue weighted by atomic mass is 10.1.